The van der Waals surface area contributed by atoms with E-state index >= 15 is 0 Å². The number of phosphoric acid groups is 2. The molecule has 0 bridgehead atoms. The van der Waals surface area contributed by atoms with Gasteiger partial charge in [-0.05, 0) is 18.6 Å². The maximum absolute atomic E-state index is 11.3. The molecule has 0 amide bonds. The molecule has 1 fully saturated rings. The number of hydrogen-bond acceptors (Lipinski definition) is 9. The lowest BCUT2D eigenvalue weighted by atomic mass is 10.1. The number of hydrogen-bond donors (Lipinski definition) is 6. The smallest absolute Gasteiger partial charge is 0.387 e. The summed E-state index contributed by atoms with van der Waals surface area (Å²) in [4.78, 5) is 40.1. The zero-order chi connectivity index (χ0) is 21.3. The Labute approximate surface area is 169 Å². The first-order chi connectivity index (χ1) is 12.8. The molecule has 0 saturated carbocycles. The van der Waals surface area contributed by atoms with Gasteiger partial charge in [-0.3, -0.25) is 9.05 Å². The number of aromatic nitrogens is 2. The largest absolute Gasteiger partial charge is 0.469 e. The first-order valence-electron chi connectivity index (χ1n) is 7.97. The fraction of sp³-hybridized carbons (Fsp3) is 0.667. The molecule has 0 aliphatic carbocycles. The van der Waals surface area contributed by atoms with E-state index in [4.69, 9.17) is 37.5 Å². The molecule has 4 unspecified atom stereocenters. The highest BCUT2D eigenvalue weighted by Gasteiger charge is 2.48. The molecule has 160 valence electrons. The van der Waals surface area contributed by atoms with E-state index in [-0.39, 0.29) is 10.6 Å². The van der Waals surface area contributed by atoms with Crippen LogP contribution in [0.5, 0.6) is 0 Å². The monoisotopic (exact) mass is 477 g/mol. The molecule has 12 nitrogen and oxygen atoms in total. The van der Waals surface area contributed by atoms with Crippen LogP contribution in [-0.4, -0.2) is 58.3 Å². The third-order valence-corrected chi connectivity index (χ3v) is 6.67. The Hall–Kier alpha value is -0.370. The highest BCUT2D eigenvalue weighted by atomic mass is 32.2. The topological polar surface area (TPSA) is 198 Å². The number of anilines is 1. The zero-order valence-corrected chi connectivity index (χ0v) is 18.0. The van der Waals surface area contributed by atoms with Crippen LogP contribution >= 0.6 is 39.6 Å². The van der Waals surface area contributed by atoms with Gasteiger partial charge in [0.2, 0.25) is 4.77 Å². The first-order valence-corrected chi connectivity index (χ1v) is 12.4. The fourth-order valence-electron chi connectivity index (χ4n) is 2.71. The van der Waals surface area contributed by atoms with Crippen LogP contribution in [0, 0.1) is 4.77 Å². The standard InChI is InChI=1S/C12H21N3O9P2S2/c1-2-3-6-4-15(12(27)14-10(6)13)11-8(16)9(24-26(20,21)22)7(28-11)5-23-25(17,18)19/h4,7-9,11,16H,2-3,5H2,1H3,(H2,13,14,27)(H2,17,18,19)(H2,20,21,22). The lowest BCUT2D eigenvalue weighted by Gasteiger charge is -2.23. The van der Waals surface area contributed by atoms with Gasteiger partial charge in [0.1, 0.15) is 23.4 Å². The van der Waals surface area contributed by atoms with Gasteiger partial charge < -0.3 is 35.0 Å². The van der Waals surface area contributed by atoms with Crippen molar-refractivity contribution >= 4 is 45.4 Å². The average Bonchev–Trinajstić information content (AvgIpc) is 2.82. The summed E-state index contributed by atoms with van der Waals surface area (Å²) in [7, 11) is -9.85. The second kappa shape index (κ2) is 9.19. The maximum atomic E-state index is 11.3. The van der Waals surface area contributed by atoms with E-state index in [0.29, 0.717) is 12.0 Å². The zero-order valence-electron chi connectivity index (χ0n) is 14.6. The van der Waals surface area contributed by atoms with E-state index < -0.39 is 45.1 Å². The highest BCUT2D eigenvalue weighted by Crippen LogP contribution is 2.51. The molecule has 1 aromatic heterocycles. The Kier molecular flexibility index (Phi) is 7.85. The molecule has 1 saturated heterocycles. The summed E-state index contributed by atoms with van der Waals surface area (Å²) in [6, 6.07) is 0. The Morgan fingerprint density at radius 2 is 1.96 bits per heavy atom. The number of aliphatic hydroxyl groups excluding tert-OH is 1. The van der Waals surface area contributed by atoms with Crippen molar-refractivity contribution < 1.29 is 42.9 Å². The number of nitrogens with two attached hydrogens (primary N) is 1. The summed E-state index contributed by atoms with van der Waals surface area (Å²) >= 11 is 6.12. The molecule has 1 aliphatic rings. The maximum Gasteiger partial charge on any atom is 0.469 e. The van der Waals surface area contributed by atoms with Crippen LogP contribution in [0.25, 0.3) is 0 Å². The number of phosphoric ester groups is 2. The number of nitrogens with zero attached hydrogens (tertiary/aromatic N) is 2. The van der Waals surface area contributed by atoms with Gasteiger partial charge in [0.15, 0.2) is 0 Å². The number of aryl methyl sites for hydroxylation is 1. The number of thioether (sulfide) groups is 1. The van der Waals surface area contributed by atoms with Crippen molar-refractivity contribution in [3.8, 4) is 0 Å². The molecule has 28 heavy (non-hydrogen) atoms. The molecule has 0 radical (unpaired) electrons. The third kappa shape index (κ3) is 6.31. The van der Waals surface area contributed by atoms with Crippen molar-refractivity contribution in [1.82, 2.24) is 9.55 Å². The Balaban J connectivity index is 2.37. The van der Waals surface area contributed by atoms with Crippen LogP contribution < -0.4 is 5.73 Å². The Morgan fingerprint density at radius 1 is 1.32 bits per heavy atom. The van der Waals surface area contributed by atoms with E-state index in [1.54, 1.807) is 6.20 Å². The number of nitrogen functional groups attached to an aromatic ring is 1. The number of aliphatic hydroxyl groups is 1. The molecule has 2 heterocycles. The predicted molar refractivity (Wildman–Crippen MR) is 103 cm³/mol. The molecule has 0 aromatic carbocycles. The highest BCUT2D eigenvalue weighted by molar-refractivity contribution is 8.00. The third-order valence-electron chi connectivity index (χ3n) is 3.83. The quantitative estimate of drug-likeness (QED) is 0.226. The fourth-order valence-corrected chi connectivity index (χ4v) is 5.65. The van der Waals surface area contributed by atoms with E-state index in [2.05, 4.69) is 14.0 Å². The van der Waals surface area contributed by atoms with Crippen LogP contribution in [0.1, 0.15) is 24.3 Å². The van der Waals surface area contributed by atoms with Crippen molar-refractivity contribution in [1.29, 1.82) is 0 Å². The van der Waals surface area contributed by atoms with Crippen LogP contribution in [0.2, 0.25) is 0 Å². The van der Waals surface area contributed by atoms with Gasteiger partial charge in [-0.25, -0.2) is 14.1 Å². The summed E-state index contributed by atoms with van der Waals surface area (Å²) in [6.07, 6.45) is 0.00225. The van der Waals surface area contributed by atoms with Crippen molar-refractivity contribution in [3.63, 3.8) is 0 Å². The van der Waals surface area contributed by atoms with Crippen molar-refractivity contribution in [2.45, 2.75) is 42.6 Å². The van der Waals surface area contributed by atoms with Crippen LogP contribution in [-0.2, 0) is 24.6 Å². The SMILES string of the molecule is CCCc1cn(C2SC(COP(=O)(O)O)C(OP(=O)(O)O)C2O)c(=S)nc1N. The molecule has 1 aliphatic heterocycles. The summed E-state index contributed by atoms with van der Waals surface area (Å²) in [5.41, 5.74) is 6.52. The van der Waals surface area contributed by atoms with Gasteiger partial charge in [-0.1, -0.05) is 13.3 Å². The molecular weight excluding hydrogens is 456 g/mol. The summed E-state index contributed by atoms with van der Waals surface area (Å²) in [6.45, 7) is 1.31. The second-order valence-electron chi connectivity index (χ2n) is 5.99. The first kappa shape index (κ1) is 23.9. The molecule has 1 aromatic rings. The lowest BCUT2D eigenvalue weighted by Crippen LogP contribution is -2.35. The Morgan fingerprint density at radius 3 is 2.50 bits per heavy atom. The van der Waals surface area contributed by atoms with Gasteiger partial charge in [-0.2, -0.15) is 0 Å². The molecule has 7 N–H and O–H groups in total. The Bertz CT molecular complexity index is 857. The van der Waals surface area contributed by atoms with Gasteiger partial charge in [0, 0.05) is 11.8 Å². The second-order valence-corrected chi connectivity index (χ2v) is 10.2. The van der Waals surface area contributed by atoms with E-state index in [1.165, 1.54) is 4.57 Å². The van der Waals surface area contributed by atoms with E-state index in [1.807, 2.05) is 6.92 Å². The van der Waals surface area contributed by atoms with Crippen molar-refractivity contribution in [2.75, 3.05) is 12.3 Å². The lowest BCUT2D eigenvalue weighted by molar-refractivity contribution is 0.00870. The molecular formula is C12H21N3O9P2S2. The molecule has 0 spiro atoms. The summed E-state index contributed by atoms with van der Waals surface area (Å²) in [5, 5.41) is 8.72. The van der Waals surface area contributed by atoms with Gasteiger partial charge >= 0.3 is 15.6 Å². The van der Waals surface area contributed by atoms with Crippen LogP contribution in [0.3, 0.4) is 0 Å². The molecule has 4 atom stereocenters. The summed E-state index contributed by atoms with van der Waals surface area (Å²) in [5.74, 6) is 0.241. The minimum Gasteiger partial charge on any atom is -0.387 e. The molecule has 2 rings (SSSR count). The summed E-state index contributed by atoms with van der Waals surface area (Å²) < 4.78 is 32.8. The average molecular weight is 477 g/mol. The van der Waals surface area contributed by atoms with Gasteiger partial charge in [0.25, 0.3) is 0 Å². The van der Waals surface area contributed by atoms with Gasteiger partial charge in [0.05, 0.1) is 11.9 Å². The van der Waals surface area contributed by atoms with E-state index in [9.17, 15) is 14.2 Å². The number of rotatable bonds is 8. The minimum atomic E-state index is -5.01. The normalized spacial score (nSPS) is 25.9. The minimum absolute atomic E-state index is 0.0281. The predicted octanol–water partition coefficient (Wildman–Crippen LogP) is 0.709. The van der Waals surface area contributed by atoms with Crippen molar-refractivity contribution in [3.05, 3.63) is 16.5 Å². The van der Waals surface area contributed by atoms with Gasteiger partial charge in [-0.15, -0.1) is 11.8 Å². The van der Waals surface area contributed by atoms with Crippen molar-refractivity contribution in [2.24, 2.45) is 0 Å². The molecule has 16 heteroatoms. The van der Waals surface area contributed by atoms with Crippen LogP contribution in [0.4, 0.5) is 5.82 Å². The van der Waals surface area contributed by atoms with Crippen LogP contribution in [0.15, 0.2) is 6.20 Å². The van der Waals surface area contributed by atoms with E-state index in [0.717, 1.165) is 18.2 Å².